The van der Waals surface area contributed by atoms with Gasteiger partial charge in [0.05, 0.1) is 4.34 Å². The lowest BCUT2D eigenvalue weighted by molar-refractivity contribution is -0.120. The second-order valence-corrected chi connectivity index (χ2v) is 5.28. The number of rotatable bonds is 7. The van der Waals surface area contributed by atoms with Crippen LogP contribution in [0.1, 0.15) is 17.7 Å². The highest BCUT2D eigenvalue weighted by atomic mass is 35.5. The van der Waals surface area contributed by atoms with Gasteiger partial charge in [0.2, 0.25) is 5.91 Å². The molecule has 0 spiro atoms. The molecule has 0 saturated carbocycles. The maximum Gasteiger partial charge on any atom is 0.219 e. The maximum atomic E-state index is 10.9. The molecule has 0 aliphatic carbocycles. The molecule has 0 aromatic carbocycles. The second kappa shape index (κ2) is 7.65. The van der Waals surface area contributed by atoms with Crippen molar-refractivity contribution in [2.75, 3.05) is 20.1 Å². The molecule has 0 unspecified atom stereocenters. The average molecular weight is 261 g/mol. The summed E-state index contributed by atoms with van der Waals surface area (Å²) in [6, 6.07) is 3.98. The summed E-state index contributed by atoms with van der Waals surface area (Å²) < 4.78 is 0.842. The lowest BCUT2D eigenvalue weighted by Crippen LogP contribution is -2.22. The molecular formula is C11H17ClN2OS. The third-order valence-electron chi connectivity index (χ3n) is 2.21. The van der Waals surface area contributed by atoms with Gasteiger partial charge in [0, 0.05) is 18.3 Å². The Bertz CT molecular complexity index is 328. The molecule has 0 bridgehead atoms. The fraction of sp³-hybridized carbons (Fsp3) is 0.545. The van der Waals surface area contributed by atoms with Gasteiger partial charge in [0.1, 0.15) is 0 Å². The van der Waals surface area contributed by atoms with E-state index in [9.17, 15) is 4.79 Å². The Morgan fingerprint density at radius 1 is 1.44 bits per heavy atom. The van der Waals surface area contributed by atoms with Crippen molar-refractivity contribution in [1.82, 2.24) is 10.6 Å². The van der Waals surface area contributed by atoms with Gasteiger partial charge in [-0.05, 0) is 38.1 Å². The average Bonchev–Trinajstić information content (AvgIpc) is 2.69. The van der Waals surface area contributed by atoms with Crippen molar-refractivity contribution in [3.05, 3.63) is 21.3 Å². The first-order chi connectivity index (χ1) is 7.72. The fourth-order valence-corrected chi connectivity index (χ4v) is 2.41. The fourth-order valence-electron chi connectivity index (χ4n) is 1.32. The zero-order chi connectivity index (χ0) is 11.8. The van der Waals surface area contributed by atoms with E-state index in [0.29, 0.717) is 6.42 Å². The molecule has 3 nitrogen and oxygen atoms in total. The Morgan fingerprint density at radius 2 is 2.25 bits per heavy atom. The van der Waals surface area contributed by atoms with Gasteiger partial charge in [0.25, 0.3) is 0 Å². The molecule has 1 rings (SSSR count). The van der Waals surface area contributed by atoms with Gasteiger partial charge < -0.3 is 10.6 Å². The number of amides is 1. The van der Waals surface area contributed by atoms with Crippen LogP contribution in [0.3, 0.4) is 0 Å². The highest BCUT2D eigenvalue weighted by Crippen LogP contribution is 2.21. The minimum atomic E-state index is 0.104. The lowest BCUT2D eigenvalue weighted by atomic mass is 10.3. The van der Waals surface area contributed by atoms with E-state index in [1.807, 2.05) is 6.07 Å². The molecule has 1 heterocycles. The number of hydrogen-bond acceptors (Lipinski definition) is 3. The summed E-state index contributed by atoms with van der Waals surface area (Å²) in [6.45, 7) is 1.82. The first kappa shape index (κ1) is 13.5. The first-order valence-electron chi connectivity index (χ1n) is 5.38. The van der Waals surface area contributed by atoms with Crippen LogP contribution in [0.5, 0.6) is 0 Å². The van der Waals surface area contributed by atoms with Crippen molar-refractivity contribution < 1.29 is 4.79 Å². The highest BCUT2D eigenvalue weighted by Gasteiger charge is 1.98. The zero-order valence-corrected chi connectivity index (χ0v) is 11.0. The van der Waals surface area contributed by atoms with E-state index in [-0.39, 0.29) is 5.91 Å². The molecular weight excluding hydrogens is 244 g/mol. The normalized spacial score (nSPS) is 10.4. The van der Waals surface area contributed by atoms with Gasteiger partial charge in [-0.15, -0.1) is 11.3 Å². The molecule has 0 saturated heterocycles. The van der Waals surface area contributed by atoms with Crippen LogP contribution in [0.15, 0.2) is 12.1 Å². The van der Waals surface area contributed by atoms with Crippen molar-refractivity contribution in [1.29, 1.82) is 0 Å². The molecule has 2 N–H and O–H groups in total. The third-order valence-corrected chi connectivity index (χ3v) is 3.50. The molecule has 16 heavy (non-hydrogen) atoms. The lowest BCUT2D eigenvalue weighted by Gasteiger charge is -2.03. The number of carbonyl (C=O) groups excluding carboxylic acids is 1. The van der Waals surface area contributed by atoms with E-state index in [0.717, 1.165) is 30.3 Å². The molecule has 90 valence electrons. The topological polar surface area (TPSA) is 41.1 Å². The molecule has 1 amide bonds. The van der Waals surface area contributed by atoms with Gasteiger partial charge in [-0.2, -0.15) is 0 Å². The number of carbonyl (C=O) groups is 1. The molecule has 5 heteroatoms. The quantitative estimate of drug-likeness (QED) is 0.737. The number of hydrogen-bond donors (Lipinski definition) is 2. The van der Waals surface area contributed by atoms with E-state index >= 15 is 0 Å². The second-order valence-electron chi connectivity index (χ2n) is 3.48. The Morgan fingerprint density at radius 3 is 2.88 bits per heavy atom. The van der Waals surface area contributed by atoms with Crippen LogP contribution in [0, 0.1) is 0 Å². The van der Waals surface area contributed by atoms with Crippen molar-refractivity contribution in [2.24, 2.45) is 0 Å². The van der Waals surface area contributed by atoms with Crippen molar-refractivity contribution >= 4 is 28.8 Å². The van der Waals surface area contributed by atoms with Crippen LogP contribution < -0.4 is 10.6 Å². The Labute approximate surface area is 105 Å². The summed E-state index contributed by atoms with van der Waals surface area (Å²) in [7, 11) is 1.66. The third kappa shape index (κ3) is 5.49. The summed E-state index contributed by atoms with van der Waals surface area (Å²) in [4.78, 5) is 12.2. The highest BCUT2D eigenvalue weighted by molar-refractivity contribution is 7.16. The molecule has 1 aromatic rings. The smallest absolute Gasteiger partial charge is 0.219 e. The van der Waals surface area contributed by atoms with Crippen LogP contribution in [0.2, 0.25) is 4.34 Å². The maximum absolute atomic E-state index is 10.9. The SMILES string of the molecule is CNC(=O)CCCNCCc1ccc(Cl)s1. The zero-order valence-electron chi connectivity index (χ0n) is 9.38. The summed E-state index contributed by atoms with van der Waals surface area (Å²) >= 11 is 7.45. The minimum Gasteiger partial charge on any atom is -0.359 e. The minimum absolute atomic E-state index is 0.104. The van der Waals surface area contributed by atoms with Gasteiger partial charge in [0.15, 0.2) is 0 Å². The van der Waals surface area contributed by atoms with E-state index in [1.54, 1.807) is 18.4 Å². The van der Waals surface area contributed by atoms with Crippen LogP contribution >= 0.6 is 22.9 Å². The van der Waals surface area contributed by atoms with Crippen LogP contribution in [-0.4, -0.2) is 26.0 Å². The van der Waals surface area contributed by atoms with Crippen LogP contribution in [0.4, 0.5) is 0 Å². The first-order valence-corrected chi connectivity index (χ1v) is 6.57. The Hall–Kier alpha value is -0.580. The molecule has 0 aliphatic rings. The molecule has 1 aromatic heterocycles. The van der Waals surface area contributed by atoms with Crippen molar-refractivity contribution in [2.45, 2.75) is 19.3 Å². The monoisotopic (exact) mass is 260 g/mol. The molecule has 0 aliphatic heterocycles. The molecule has 0 radical (unpaired) electrons. The number of thiophene rings is 1. The van der Waals surface area contributed by atoms with E-state index in [2.05, 4.69) is 16.7 Å². The summed E-state index contributed by atoms with van der Waals surface area (Å²) in [6.07, 6.45) is 2.47. The van der Waals surface area contributed by atoms with Gasteiger partial charge >= 0.3 is 0 Å². The van der Waals surface area contributed by atoms with Gasteiger partial charge in [-0.25, -0.2) is 0 Å². The van der Waals surface area contributed by atoms with Crippen molar-refractivity contribution in [3.63, 3.8) is 0 Å². The van der Waals surface area contributed by atoms with E-state index in [4.69, 9.17) is 11.6 Å². The van der Waals surface area contributed by atoms with Crippen LogP contribution in [0.25, 0.3) is 0 Å². The van der Waals surface area contributed by atoms with Gasteiger partial charge in [-0.3, -0.25) is 4.79 Å². The Balaban J connectivity index is 1.98. The molecule has 0 atom stereocenters. The van der Waals surface area contributed by atoms with Crippen LogP contribution in [-0.2, 0) is 11.2 Å². The predicted molar refractivity (Wildman–Crippen MR) is 69.2 cm³/mol. The van der Waals surface area contributed by atoms with E-state index < -0.39 is 0 Å². The standard InChI is InChI=1S/C11H17ClN2OS/c1-13-11(15)3-2-7-14-8-6-9-4-5-10(12)16-9/h4-5,14H,2-3,6-8H2,1H3,(H,13,15). The predicted octanol–water partition coefficient (Wildman–Crippen LogP) is 2.06. The van der Waals surface area contributed by atoms with E-state index in [1.165, 1.54) is 4.88 Å². The summed E-state index contributed by atoms with van der Waals surface area (Å²) in [5, 5.41) is 5.91. The summed E-state index contributed by atoms with van der Waals surface area (Å²) in [5.74, 6) is 0.104. The summed E-state index contributed by atoms with van der Waals surface area (Å²) in [5.41, 5.74) is 0. The number of nitrogens with one attached hydrogen (secondary N) is 2. The molecule has 0 fully saturated rings. The largest absolute Gasteiger partial charge is 0.359 e. The Kier molecular flexibility index (Phi) is 6.45. The van der Waals surface area contributed by atoms with Crippen molar-refractivity contribution in [3.8, 4) is 0 Å². The van der Waals surface area contributed by atoms with Gasteiger partial charge in [-0.1, -0.05) is 11.6 Å². The number of halogens is 1.